The molecule has 1 unspecified atom stereocenters. The fourth-order valence-electron chi connectivity index (χ4n) is 3.32. The number of para-hydroxylation sites is 1. The monoisotopic (exact) mass is 281 g/mol. The van der Waals surface area contributed by atoms with Crippen LogP contribution in [-0.2, 0) is 13.0 Å². The van der Waals surface area contributed by atoms with Gasteiger partial charge in [0.15, 0.2) is 0 Å². The van der Waals surface area contributed by atoms with E-state index in [-0.39, 0.29) is 5.41 Å². The lowest BCUT2D eigenvalue weighted by Crippen LogP contribution is -2.37. The minimum absolute atomic E-state index is 0.221. The first kappa shape index (κ1) is 14.2. The smallest absolute Gasteiger partial charge is 0.120 e. The van der Waals surface area contributed by atoms with E-state index >= 15 is 0 Å². The lowest BCUT2D eigenvalue weighted by molar-refractivity contribution is 0.207. The van der Waals surface area contributed by atoms with Crippen molar-refractivity contribution >= 4 is 0 Å². The molecule has 110 valence electrons. The summed E-state index contributed by atoms with van der Waals surface area (Å²) in [6, 6.07) is 16.6. The Hall–Kier alpha value is -1.80. The van der Waals surface area contributed by atoms with E-state index in [1.165, 1.54) is 17.5 Å². The summed E-state index contributed by atoms with van der Waals surface area (Å²) in [5.74, 6) is 0.368. The highest BCUT2D eigenvalue weighted by Gasteiger charge is 2.35. The maximum atomic E-state index is 9.93. The van der Waals surface area contributed by atoms with Crippen LogP contribution in [0, 0.1) is 5.41 Å². The van der Waals surface area contributed by atoms with Gasteiger partial charge in [0.1, 0.15) is 5.75 Å². The van der Waals surface area contributed by atoms with Gasteiger partial charge in [-0.25, -0.2) is 0 Å². The van der Waals surface area contributed by atoms with Crippen molar-refractivity contribution in [1.29, 1.82) is 0 Å². The molecular weight excluding hydrogens is 258 g/mol. The van der Waals surface area contributed by atoms with Gasteiger partial charge in [0.25, 0.3) is 0 Å². The Kier molecular flexibility index (Phi) is 3.73. The van der Waals surface area contributed by atoms with Crippen LogP contribution in [0.25, 0.3) is 0 Å². The number of aryl methyl sites for hydroxylation is 1. The lowest BCUT2D eigenvalue weighted by atomic mass is 9.70. The predicted molar refractivity (Wildman–Crippen MR) is 86.2 cm³/mol. The quantitative estimate of drug-likeness (QED) is 0.884. The zero-order valence-corrected chi connectivity index (χ0v) is 12.8. The maximum absolute atomic E-state index is 9.93. The van der Waals surface area contributed by atoms with Crippen LogP contribution in [0.15, 0.2) is 48.5 Å². The first-order valence-corrected chi connectivity index (χ1v) is 7.66. The Morgan fingerprint density at radius 1 is 1.10 bits per heavy atom. The molecule has 2 aromatic carbocycles. The second-order valence-electron chi connectivity index (χ2n) is 6.63. The molecule has 0 amide bonds. The zero-order valence-electron chi connectivity index (χ0n) is 12.8. The Bertz CT molecular complexity index is 633. The molecule has 0 aromatic heterocycles. The summed E-state index contributed by atoms with van der Waals surface area (Å²) in [5.41, 5.74) is 4.03. The molecule has 21 heavy (non-hydrogen) atoms. The number of fused-ring (bicyclic) bond motifs is 1. The summed E-state index contributed by atoms with van der Waals surface area (Å²) in [6.07, 6.45) is 2.33. The number of aromatic hydroxyl groups is 1. The third-order valence-corrected chi connectivity index (χ3v) is 4.67. The van der Waals surface area contributed by atoms with E-state index in [1.54, 1.807) is 6.07 Å². The molecule has 0 aliphatic heterocycles. The molecule has 0 bridgehead atoms. The third-order valence-electron chi connectivity index (χ3n) is 4.67. The van der Waals surface area contributed by atoms with Gasteiger partial charge in [0.2, 0.25) is 0 Å². The molecule has 1 aliphatic carbocycles. The summed E-state index contributed by atoms with van der Waals surface area (Å²) in [6.45, 7) is 5.34. The molecule has 2 nitrogen and oxygen atoms in total. The van der Waals surface area contributed by atoms with Gasteiger partial charge in [-0.2, -0.15) is 0 Å². The molecule has 0 spiro atoms. The zero-order chi connectivity index (χ0) is 14.9. The summed E-state index contributed by atoms with van der Waals surface area (Å²) in [4.78, 5) is 0. The van der Waals surface area contributed by atoms with E-state index in [0.717, 1.165) is 12.0 Å². The highest BCUT2D eigenvalue weighted by Crippen LogP contribution is 2.43. The summed E-state index contributed by atoms with van der Waals surface area (Å²) in [7, 11) is 0. The molecule has 0 saturated carbocycles. The van der Waals surface area contributed by atoms with E-state index in [0.29, 0.717) is 18.3 Å². The topological polar surface area (TPSA) is 32.3 Å². The molecule has 2 N–H and O–H groups in total. The summed E-state index contributed by atoms with van der Waals surface area (Å²) in [5, 5.41) is 13.6. The Morgan fingerprint density at radius 2 is 1.81 bits per heavy atom. The van der Waals surface area contributed by atoms with Crippen LogP contribution in [0.2, 0.25) is 0 Å². The first-order chi connectivity index (χ1) is 10.1. The second-order valence-corrected chi connectivity index (χ2v) is 6.63. The van der Waals surface area contributed by atoms with E-state index in [9.17, 15) is 5.11 Å². The van der Waals surface area contributed by atoms with Gasteiger partial charge in [0.05, 0.1) is 0 Å². The van der Waals surface area contributed by atoms with Crippen molar-refractivity contribution in [2.75, 3.05) is 0 Å². The number of nitrogens with one attached hydrogen (secondary N) is 1. The van der Waals surface area contributed by atoms with Gasteiger partial charge >= 0.3 is 0 Å². The molecule has 1 atom stereocenters. The number of phenols is 1. The number of rotatable bonds is 3. The van der Waals surface area contributed by atoms with Crippen LogP contribution in [0.4, 0.5) is 0 Å². The van der Waals surface area contributed by atoms with Crippen LogP contribution in [0.3, 0.4) is 0 Å². The van der Waals surface area contributed by atoms with Crippen LogP contribution in [-0.4, -0.2) is 5.11 Å². The van der Waals surface area contributed by atoms with E-state index < -0.39 is 0 Å². The Morgan fingerprint density at radius 3 is 2.62 bits per heavy atom. The fraction of sp³-hybridized carbons (Fsp3) is 0.368. The predicted octanol–water partition coefficient (Wildman–Crippen LogP) is 4.20. The third kappa shape index (κ3) is 2.81. The van der Waals surface area contributed by atoms with E-state index in [4.69, 9.17) is 0 Å². The van der Waals surface area contributed by atoms with Crippen molar-refractivity contribution in [2.45, 2.75) is 39.3 Å². The SMILES string of the molecule is CC1(C)CCc2ccccc2C1NCc1ccccc1O. The van der Waals surface area contributed by atoms with Gasteiger partial charge < -0.3 is 10.4 Å². The Balaban J connectivity index is 1.85. The summed E-state index contributed by atoms with van der Waals surface area (Å²) >= 11 is 0. The van der Waals surface area contributed by atoms with Crippen LogP contribution in [0.1, 0.15) is 43.0 Å². The molecule has 2 heteroatoms. The second kappa shape index (κ2) is 5.53. The normalized spacial score (nSPS) is 20.0. The number of phenolic OH excluding ortho intramolecular Hbond substituents is 1. The highest BCUT2D eigenvalue weighted by molar-refractivity contribution is 5.35. The average molecular weight is 281 g/mol. The van der Waals surface area contributed by atoms with Crippen LogP contribution >= 0.6 is 0 Å². The minimum atomic E-state index is 0.221. The maximum Gasteiger partial charge on any atom is 0.120 e. The van der Waals surface area contributed by atoms with Crippen molar-refractivity contribution in [1.82, 2.24) is 5.32 Å². The van der Waals surface area contributed by atoms with Crippen LogP contribution in [0.5, 0.6) is 5.75 Å². The van der Waals surface area contributed by atoms with Crippen molar-refractivity contribution in [3.63, 3.8) is 0 Å². The lowest BCUT2D eigenvalue weighted by Gasteiger charge is -2.40. The molecule has 1 aliphatic rings. The summed E-state index contributed by atoms with van der Waals surface area (Å²) < 4.78 is 0. The molecule has 0 radical (unpaired) electrons. The molecular formula is C19H23NO. The number of hydrogen-bond acceptors (Lipinski definition) is 2. The number of hydrogen-bond donors (Lipinski definition) is 2. The van der Waals surface area contributed by atoms with Crippen molar-refractivity contribution in [3.05, 3.63) is 65.2 Å². The van der Waals surface area contributed by atoms with Gasteiger partial charge in [-0.15, -0.1) is 0 Å². The molecule has 0 saturated heterocycles. The van der Waals surface area contributed by atoms with Gasteiger partial charge in [-0.05, 0) is 35.4 Å². The molecule has 0 fully saturated rings. The van der Waals surface area contributed by atoms with E-state index in [1.807, 2.05) is 18.2 Å². The average Bonchev–Trinajstić information content (AvgIpc) is 2.47. The highest BCUT2D eigenvalue weighted by atomic mass is 16.3. The standard InChI is InChI=1S/C19H23NO/c1-19(2)12-11-14-7-3-5-9-16(14)18(19)20-13-15-8-4-6-10-17(15)21/h3-10,18,20-21H,11-13H2,1-2H3. The minimum Gasteiger partial charge on any atom is -0.508 e. The number of benzene rings is 2. The fourth-order valence-corrected chi connectivity index (χ4v) is 3.32. The van der Waals surface area contributed by atoms with Crippen molar-refractivity contribution in [2.24, 2.45) is 5.41 Å². The van der Waals surface area contributed by atoms with E-state index in [2.05, 4.69) is 43.4 Å². The molecule has 2 aromatic rings. The van der Waals surface area contributed by atoms with Gasteiger partial charge in [0, 0.05) is 18.2 Å². The van der Waals surface area contributed by atoms with Gasteiger partial charge in [-0.1, -0.05) is 56.3 Å². The largest absolute Gasteiger partial charge is 0.508 e. The molecule has 0 heterocycles. The molecule has 3 rings (SSSR count). The van der Waals surface area contributed by atoms with Crippen molar-refractivity contribution < 1.29 is 5.11 Å². The van der Waals surface area contributed by atoms with Crippen molar-refractivity contribution in [3.8, 4) is 5.75 Å². The first-order valence-electron chi connectivity index (χ1n) is 7.66. The van der Waals surface area contributed by atoms with Crippen LogP contribution < -0.4 is 5.32 Å². The van der Waals surface area contributed by atoms with Gasteiger partial charge in [-0.3, -0.25) is 0 Å². The Labute approximate surface area is 126 Å².